The molecule has 0 amide bonds. The minimum atomic E-state index is 0.206. The molecule has 7 heteroatoms. The van der Waals surface area contributed by atoms with Gasteiger partial charge < -0.3 is 9.64 Å². The largest absolute Gasteiger partial charge is 0.497 e. The number of benzene rings is 1. The molecule has 0 aliphatic carbocycles. The lowest BCUT2D eigenvalue weighted by Gasteiger charge is -2.18. The van der Waals surface area contributed by atoms with Crippen molar-refractivity contribution in [3.05, 3.63) is 29.5 Å². The van der Waals surface area contributed by atoms with Crippen LogP contribution in [0.1, 0.15) is 13.8 Å². The van der Waals surface area contributed by atoms with Crippen molar-refractivity contribution in [3.8, 4) is 5.75 Å². The van der Waals surface area contributed by atoms with Crippen LogP contribution in [-0.4, -0.2) is 35.2 Å². The van der Waals surface area contributed by atoms with E-state index < -0.39 is 0 Å². The van der Waals surface area contributed by atoms with Crippen LogP contribution in [0.4, 0.5) is 5.95 Å². The van der Waals surface area contributed by atoms with Crippen molar-refractivity contribution in [1.82, 2.24) is 15.0 Å². The number of hydrogen-bond donors (Lipinski definition) is 0. The molecule has 1 aromatic heterocycles. The lowest BCUT2D eigenvalue weighted by Crippen LogP contribution is -2.24. The van der Waals surface area contributed by atoms with Crippen LogP contribution in [0.25, 0.3) is 0 Å². The molecule has 21 heavy (non-hydrogen) atoms. The third-order valence-corrected chi connectivity index (χ3v) is 3.90. The van der Waals surface area contributed by atoms with Crippen LogP contribution in [0.15, 0.2) is 34.3 Å². The summed E-state index contributed by atoms with van der Waals surface area (Å²) in [7, 11) is 1.64. The summed E-state index contributed by atoms with van der Waals surface area (Å²) in [6.45, 7) is 5.74. The summed E-state index contributed by atoms with van der Waals surface area (Å²) in [5.41, 5.74) is 0. The topological polar surface area (TPSA) is 51.1 Å². The van der Waals surface area contributed by atoms with Gasteiger partial charge in [-0.15, -0.1) is 0 Å². The van der Waals surface area contributed by atoms with Crippen molar-refractivity contribution in [3.63, 3.8) is 0 Å². The smallest absolute Gasteiger partial charge is 0.230 e. The van der Waals surface area contributed by atoms with Crippen molar-refractivity contribution < 1.29 is 4.74 Å². The van der Waals surface area contributed by atoms with E-state index in [4.69, 9.17) is 16.3 Å². The quantitative estimate of drug-likeness (QED) is 0.810. The maximum absolute atomic E-state index is 6.01. The Hall–Kier alpha value is -1.53. The Morgan fingerprint density at radius 3 is 2.62 bits per heavy atom. The monoisotopic (exact) mass is 324 g/mol. The average molecular weight is 325 g/mol. The van der Waals surface area contributed by atoms with E-state index in [0.29, 0.717) is 11.1 Å². The lowest BCUT2D eigenvalue weighted by atomic mass is 10.3. The molecular formula is C14H17ClN4OS. The summed E-state index contributed by atoms with van der Waals surface area (Å²) in [5.74, 6) is 1.40. The van der Waals surface area contributed by atoms with Crippen molar-refractivity contribution >= 4 is 29.3 Å². The second-order valence-corrected chi connectivity index (χ2v) is 5.52. The molecule has 0 spiro atoms. The fourth-order valence-corrected chi connectivity index (χ4v) is 2.78. The first kappa shape index (κ1) is 15.9. The van der Waals surface area contributed by atoms with E-state index in [1.807, 2.05) is 29.2 Å². The van der Waals surface area contributed by atoms with Gasteiger partial charge in [0.15, 0.2) is 5.16 Å². The van der Waals surface area contributed by atoms with Crippen LogP contribution in [0, 0.1) is 0 Å². The molecule has 0 bridgehead atoms. The maximum Gasteiger partial charge on any atom is 0.230 e. The number of nitrogens with zero attached hydrogens (tertiary/aromatic N) is 4. The van der Waals surface area contributed by atoms with E-state index in [-0.39, 0.29) is 5.28 Å². The fraction of sp³-hybridized carbons (Fsp3) is 0.357. The summed E-state index contributed by atoms with van der Waals surface area (Å²) < 4.78 is 5.21. The highest BCUT2D eigenvalue weighted by Crippen LogP contribution is 2.29. The average Bonchev–Trinajstić information content (AvgIpc) is 2.48. The summed E-state index contributed by atoms with van der Waals surface area (Å²) >= 11 is 7.44. The van der Waals surface area contributed by atoms with Crippen molar-refractivity contribution in [2.45, 2.75) is 23.9 Å². The van der Waals surface area contributed by atoms with Gasteiger partial charge in [0.1, 0.15) is 5.75 Å². The molecular weight excluding hydrogens is 308 g/mol. The Morgan fingerprint density at radius 1 is 1.19 bits per heavy atom. The summed E-state index contributed by atoms with van der Waals surface area (Å²) in [6.07, 6.45) is 0. The molecule has 0 aliphatic rings. The second-order valence-electron chi connectivity index (χ2n) is 4.14. The van der Waals surface area contributed by atoms with Gasteiger partial charge in [0.2, 0.25) is 11.2 Å². The minimum absolute atomic E-state index is 0.206. The van der Waals surface area contributed by atoms with Gasteiger partial charge in [-0.3, -0.25) is 0 Å². The first-order valence-electron chi connectivity index (χ1n) is 6.64. The molecule has 0 saturated heterocycles. The molecule has 1 aromatic carbocycles. The van der Waals surface area contributed by atoms with Crippen molar-refractivity contribution in [2.24, 2.45) is 0 Å². The Balaban J connectivity index is 2.27. The van der Waals surface area contributed by atoms with Crippen LogP contribution in [0.2, 0.25) is 5.28 Å². The Labute approximate surface area is 133 Å². The highest BCUT2D eigenvalue weighted by Gasteiger charge is 2.11. The van der Waals surface area contributed by atoms with Gasteiger partial charge in [-0.25, -0.2) is 0 Å². The summed E-state index contributed by atoms with van der Waals surface area (Å²) in [6, 6.07) is 7.72. The van der Waals surface area contributed by atoms with Gasteiger partial charge in [-0.2, -0.15) is 15.0 Å². The number of rotatable bonds is 6. The molecule has 0 unspecified atom stereocenters. The maximum atomic E-state index is 6.01. The van der Waals surface area contributed by atoms with Gasteiger partial charge in [-0.05, 0) is 55.4 Å². The molecule has 0 radical (unpaired) electrons. The molecule has 1 heterocycles. The molecule has 112 valence electrons. The predicted molar refractivity (Wildman–Crippen MR) is 85.5 cm³/mol. The molecule has 2 aromatic rings. The Morgan fingerprint density at radius 2 is 1.95 bits per heavy atom. The number of hydrogen-bond acceptors (Lipinski definition) is 6. The number of ether oxygens (including phenoxy) is 1. The number of methoxy groups -OCH3 is 1. The van der Waals surface area contributed by atoms with E-state index in [2.05, 4.69) is 28.8 Å². The van der Waals surface area contributed by atoms with E-state index in [1.165, 1.54) is 11.8 Å². The first-order valence-corrected chi connectivity index (χ1v) is 7.84. The van der Waals surface area contributed by atoms with E-state index in [0.717, 1.165) is 23.7 Å². The molecule has 5 nitrogen and oxygen atoms in total. The molecule has 0 saturated carbocycles. The van der Waals surface area contributed by atoms with E-state index >= 15 is 0 Å². The Bertz CT molecular complexity index is 607. The molecule has 0 N–H and O–H groups in total. The molecule has 0 atom stereocenters. The zero-order valence-corrected chi connectivity index (χ0v) is 13.8. The minimum Gasteiger partial charge on any atom is -0.497 e. The molecule has 0 aliphatic heterocycles. The third-order valence-electron chi connectivity index (χ3n) is 2.87. The van der Waals surface area contributed by atoms with Crippen molar-refractivity contribution in [2.75, 3.05) is 25.1 Å². The number of aromatic nitrogens is 3. The summed E-state index contributed by atoms with van der Waals surface area (Å²) in [5, 5.41) is 0.780. The first-order chi connectivity index (χ1) is 10.2. The zero-order valence-electron chi connectivity index (χ0n) is 12.2. The van der Waals surface area contributed by atoms with Crippen LogP contribution in [0.3, 0.4) is 0 Å². The van der Waals surface area contributed by atoms with Gasteiger partial charge in [0, 0.05) is 18.0 Å². The fourth-order valence-electron chi connectivity index (χ4n) is 1.79. The molecule has 0 fully saturated rings. The zero-order chi connectivity index (χ0) is 15.2. The molecule has 2 rings (SSSR count). The van der Waals surface area contributed by atoms with E-state index in [9.17, 15) is 0 Å². The normalized spacial score (nSPS) is 10.5. The second kappa shape index (κ2) is 7.47. The summed E-state index contributed by atoms with van der Waals surface area (Å²) in [4.78, 5) is 15.8. The highest BCUT2D eigenvalue weighted by molar-refractivity contribution is 7.99. The lowest BCUT2D eigenvalue weighted by molar-refractivity contribution is 0.413. The van der Waals surface area contributed by atoms with Gasteiger partial charge in [0.05, 0.1) is 7.11 Å². The number of halogens is 1. The van der Waals surface area contributed by atoms with Crippen LogP contribution < -0.4 is 9.64 Å². The highest BCUT2D eigenvalue weighted by atomic mass is 35.5. The van der Waals surface area contributed by atoms with Crippen molar-refractivity contribution in [1.29, 1.82) is 0 Å². The number of anilines is 1. The Kier molecular flexibility index (Phi) is 5.64. The van der Waals surface area contributed by atoms with Crippen LogP contribution in [-0.2, 0) is 0 Å². The van der Waals surface area contributed by atoms with Crippen LogP contribution in [0.5, 0.6) is 5.75 Å². The van der Waals surface area contributed by atoms with E-state index in [1.54, 1.807) is 7.11 Å². The predicted octanol–water partition coefficient (Wildman–Crippen LogP) is 3.53. The van der Waals surface area contributed by atoms with Gasteiger partial charge in [-0.1, -0.05) is 6.07 Å². The SMILES string of the molecule is CCN(CC)c1nc(Cl)nc(Sc2cccc(OC)c2)n1. The third kappa shape index (κ3) is 4.22. The van der Waals surface area contributed by atoms with Crippen LogP contribution >= 0.6 is 23.4 Å². The standard InChI is InChI=1S/C14H17ClN4OS/c1-4-19(5-2)13-16-12(15)17-14(18-13)21-11-8-6-7-10(9-11)20-3/h6-9H,4-5H2,1-3H3. The van der Waals surface area contributed by atoms with Gasteiger partial charge in [0.25, 0.3) is 0 Å². The van der Waals surface area contributed by atoms with Gasteiger partial charge >= 0.3 is 0 Å².